The number of aromatic nitrogens is 2. The summed E-state index contributed by atoms with van der Waals surface area (Å²) >= 11 is 0. The molecule has 22 heavy (non-hydrogen) atoms. The summed E-state index contributed by atoms with van der Waals surface area (Å²) in [6.07, 6.45) is 1.07. The topological polar surface area (TPSA) is 46.9 Å². The molecule has 1 N–H and O–H groups in total. The molecule has 1 amide bonds. The summed E-state index contributed by atoms with van der Waals surface area (Å²) in [6.45, 7) is 6.02. The molecular weight excluding hydrogens is 281 g/mol. The van der Waals surface area contributed by atoms with Gasteiger partial charge in [0.15, 0.2) is 0 Å². The summed E-state index contributed by atoms with van der Waals surface area (Å²) in [6, 6.07) is 5.01. The van der Waals surface area contributed by atoms with Gasteiger partial charge in [0.25, 0.3) is 0 Å². The van der Waals surface area contributed by atoms with Crippen LogP contribution in [0.5, 0.6) is 0 Å². The smallest absolute Gasteiger partial charge is 0.220 e. The number of carbonyl (C=O) groups excluding carboxylic acids is 1. The van der Waals surface area contributed by atoms with Gasteiger partial charge < -0.3 is 5.32 Å². The highest BCUT2D eigenvalue weighted by atomic mass is 19.1. The minimum absolute atomic E-state index is 0.0383. The minimum atomic E-state index is -0.242. The zero-order valence-electron chi connectivity index (χ0n) is 13.5. The zero-order chi connectivity index (χ0) is 16.3. The molecule has 0 aliphatic carbocycles. The fraction of sp³-hybridized carbons (Fsp3) is 0.412. The summed E-state index contributed by atoms with van der Waals surface area (Å²) in [4.78, 5) is 11.9. The van der Waals surface area contributed by atoms with Gasteiger partial charge in [-0.3, -0.25) is 9.48 Å². The molecule has 2 aromatic rings. The quantitative estimate of drug-likeness (QED) is 0.923. The van der Waals surface area contributed by atoms with Crippen LogP contribution in [0.25, 0.3) is 0 Å². The molecule has 118 valence electrons. The standard InChI is InChI=1S/C17H22FN3O/c1-11-5-6-14(9-16(11)18)10-19-17(22)8-7-15-12(2)20-21(4)13(15)3/h5-6,9H,7-8,10H2,1-4H3,(H,19,22). The van der Waals surface area contributed by atoms with E-state index in [4.69, 9.17) is 0 Å². The Labute approximate surface area is 130 Å². The van der Waals surface area contributed by atoms with Crippen LogP contribution in [0.3, 0.4) is 0 Å². The van der Waals surface area contributed by atoms with E-state index >= 15 is 0 Å². The minimum Gasteiger partial charge on any atom is -0.352 e. The molecule has 0 unspecified atom stereocenters. The molecule has 1 heterocycles. The van der Waals surface area contributed by atoms with Gasteiger partial charge in [0.1, 0.15) is 5.82 Å². The largest absolute Gasteiger partial charge is 0.352 e. The van der Waals surface area contributed by atoms with Gasteiger partial charge in [0, 0.05) is 25.7 Å². The van der Waals surface area contributed by atoms with Gasteiger partial charge in [-0.1, -0.05) is 12.1 Å². The predicted octanol–water partition coefficient (Wildman–Crippen LogP) is 2.73. The van der Waals surface area contributed by atoms with Crippen LogP contribution in [0.2, 0.25) is 0 Å². The van der Waals surface area contributed by atoms with Crippen molar-refractivity contribution in [3.63, 3.8) is 0 Å². The number of nitrogens with one attached hydrogen (secondary N) is 1. The number of nitrogens with zero attached hydrogens (tertiary/aromatic N) is 2. The summed E-state index contributed by atoms with van der Waals surface area (Å²) in [7, 11) is 1.90. The van der Waals surface area contributed by atoms with E-state index in [-0.39, 0.29) is 11.7 Å². The molecule has 0 saturated heterocycles. The normalized spacial score (nSPS) is 10.8. The van der Waals surface area contributed by atoms with Crippen LogP contribution >= 0.6 is 0 Å². The SMILES string of the molecule is Cc1ccc(CNC(=O)CCc2c(C)nn(C)c2C)cc1F. The third-order valence-corrected chi connectivity index (χ3v) is 3.99. The Morgan fingerprint density at radius 2 is 2.05 bits per heavy atom. The lowest BCUT2D eigenvalue weighted by molar-refractivity contribution is -0.121. The molecule has 0 spiro atoms. The molecule has 0 aliphatic rings. The molecule has 0 atom stereocenters. The molecule has 0 bridgehead atoms. The van der Waals surface area contributed by atoms with Gasteiger partial charge in [0.2, 0.25) is 5.91 Å². The maximum absolute atomic E-state index is 13.4. The number of halogens is 1. The van der Waals surface area contributed by atoms with E-state index in [0.29, 0.717) is 24.9 Å². The van der Waals surface area contributed by atoms with E-state index < -0.39 is 0 Å². The van der Waals surface area contributed by atoms with E-state index in [2.05, 4.69) is 10.4 Å². The van der Waals surface area contributed by atoms with Gasteiger partial charge in [0.05, 0.1) is 5.69 Å². The monoisotopic (exact) mass is 303 g/mol. The van der Waals surface area contributed by atoms with Gasteiger partial charge in [-0.15, -0.1) is 0 Å². The van der Waals surface area contributed by atoms with Crippen LogP contribution in [0.1, 0.15) is 34.5 Å². The maximum Gasteiger partial charge on any atom is 0.220 e. The highest BCUT2D eigenvalue weighted by molar-refractivity contribution is 5.76. The Hall–Kier alpha value is -2.17. The van der Waals surface area contributed by atoms with Crippen LogP contribution in [0.4, 0.5) is 4.39 Å². The lowest BCUT2D eigenvalue weighted by Crippen LogP contribution is -2.23. The maximum atomic E-state index is 13.4. The van der Waals surface area contributed by atoms with Gasteiger partial charge >= 0.3 is 0 Å². The number of benzene rings is 1. The number of hydrogen-bond acceptors (Lipinski definition) is 2. The molecule has 1 aromatic heterocycles. The highest BCUT2D eigenvalue weighted by Crippen LogP contribution is 2.14. The third-order valence-electron chi connectivity index (χ3n) is 3.99. The fourth-order valence-electron chi connectivity index (χ4n) is 2.45. The summed E-state index contributed by atoms with van der Waals surface area (Å²) in [5.74, 6) is -0.281. The fourth-order valence-corrected chi connectivity index (χ4v) is 2.45. The average molecular weight is 303 g/mol. The van der Waals surface area contributed by atoms with Crippen molar-refractivity contribution in [2.24, 2.45) is 7.05 Å². The Balaban J connectivity index is 1.86. The molecular formula is C17H22FN3O. The van der Waals surface area contributed by atoms with E-state index in [9.17, 15) is 9.18 Å². The van der Waals surface area contributed by atoms with E-state index in [1.54, 1.807) is 13.0 Å². The first-order chi connectivity index (χ1) is 10.4. The third kappa shape index (κ3) is 3.72. The van der Waals surface area contributed by atoms with E-state index in [1.807, 2.05) is 31.6 Å². The van der Waals surface area contributed by atoms with Crippen molar-refractivity contribution >= 4 is 5.91 Å². The highest BCUT2D eigenvalue weighted by Gasteiger charge is 2.11. The van der Waals surface area contributed by atoms with Crippen molar-refractivity contribution in [3.8, 4) is 0 Å². The average Bonchev–Trinajstić information content (AvgIpc) is 2.71. The first-order valence-electron chi connectivity index (χ1n) is 7.39. The Morgan fingerprint density at radius 1 is 1.32 bits per heavy atom. The van der Waals surface area contributed by atoms with Crippen LogP contribution < -0.4 is 5.32 Å². The number of carbonyl (C=O) groups is 1. The molecule has 4 nitrogen and oxygen atoms in total. The first-order valence-corrected chi connectivity index (χ1v) is 7.39. The van der Waals surface area contributed by atoms with Crippen LogP contribution in [0.15, 0.2) is 18.2 Å². The van der Waals surface area contributed by atoms with E-state index in [0.717, 1.165) is 22.5 Å². The van der Waals surface area contributed by atoms with Crippen LogP contribution in [0, 0.1) is 26.6 Å². The van der Waals surface area contributed by atoms with Crippen molar-refractivity contribution in [3.05, 3.63) is 52.1 Å². The van der Waals surface area contributed by atoms with Crippen LogP contribution in [-0.4, -0.2) is 15.7 Å². The molecule has 0 aliphatic heterocycles. The second-order valence-electron chi connectivity index (χ2n) is 5.63. The van der Waals surface area contributed by atoms with Crippen LogP contribution in [-0.2, 0) is 24.8 Å². The number of aryl methyl sites for hydroxylation is 3. The number of amides is 1. The summed E-state index contributed by atoms with van der Waals surface area (Å²) in [5.41, 5.74) is 4.56. The second kappa shape index (κ2) is 6.73. The van der Waals surface area contributed by atoms with Gasteiger partial charge in [-0.05, 0) is 49.9 Å². The van der Waals surface area contributed by atoms with Crippen molar-refractivity contribution in [1.29, 1.82) is 0 Å². The van der Waals surface area contributed by atoms with Crippen molar-refractivity contribution in [2.45, 2.75) is 40.2 Å². The molecule has 2 rings (SSSR count). The second-order valence-corrected chi connectivity index (χ2v) is 5.63. The van der Waals surface area contributed by atoms with E-state index in [1.165, 1.54) is 6.07 Å². The first kappa shape index (κ1) is 16.2. The lowest BCUT2D eigenvalue weighted by Gasteiger charge is -2.07. The van der Waals surface area contributed by atoms with Crippen molar-refractivity contribution in [2.75, 3.05) is 0 Å². The summed E-state index contributed by atoms with van der Waals surface area (Å²) in [5, 5.41) is 7.17. The number of rotatable bonds is 5. The molecule has 0 fully saturated rings. The number of hydrogen-bond donors (Lipinski definition) is 1. The Morgan fingerprint density at radius 3 is 2.64 bits per heavy atom. The van der Waals surface area contributed by atoms with Gasteiger partial charge in [-0.25, -0.2) is 4.39 Å². The van der Waals surface area contributed by atoms with Crippen molar-refractivity contribution in [1.82, 2.24) is 15.1 Å². The predicted molar refractivity (Wildman–Crippen MR) is 84.0 cm³/mol. The molecule has 0 radical (unpaired) electrons. The Kier molecular flexibility index (Phi) is 4.96. The van der Waals surface area contributed by atoms with Crippen molar-refractivity contribution < 1.29 is 9.18 Å². The molecule has 0 saturated carbocycles. The molecule has 5 heteroatoms. The summed E-state index contributed by atoms with van der Waals surface area (Å²) < 4.78 is 15.3. The zero-order valence-corrected chi connectivity index (χ0v) is 13.5. The Bertz CT molecular complexity index is 691. The molecule has 1 aromatic carbocycles. The lowest BCUT2D eigenvalue weighted by atomic mass is 10.1. The van der Waals surface area contributed by atoms with Gasteiger partial charge in [-0.2, -0.15) is 5.10 Å².